The molecule has 6 nitrogen and oxygen atoms in total. The van der Waals surface area contributed by atoms with E-state index >= 15 is 0 Å². The van der Waals surface area contributed by atoms with Crippen LogP contribution in [0, 0.1) is 5.92 Å². The van der Waals surface area contributed by atoms with Crippen LogP contribution in [-0.2, 0) is 14.3 Å². The zero-order valence-corrected chi connectivity index (χ0v) is 14.6. The number of nitrogens with zero attached hydrogens (tertiary/aromatic N) is 1. The molecule has 2 N–H and O–H groups in total. The summed E-state index contributed by atoms with van der Waals surface area (Å²) >= 11 is 0. The summed E-state index contributed by atoms with van der Waals surface area (Å²) in [6, 6.07) is -0.147. The highest BCUT2D eigenvalue weighted by Crippen LogP contribution is 2.25. The minimum Gasteiger partial charge on any atom is -0.371 e. The molecule has 23 heavy (non-hydrogen) atoms. The van der Waals surface area contributed by atoms with E-state index in [-0.39, 0.29) is 23.5 Å². The molecular formula is C17H31N3O3. The highest BCUT2D eigenvalue weighted by molar-refractivity contribution is 5.87. The van der Waals surface area contributed by atoms with Gasteiger partial charge in [-0.25, -0.2) is 0 Å². The molecule has 1 rings (SSSR count). The maximum Gasteiger partial charge on any atom is 0.246 e. The van der Waals surface area contributed by atoms with Gasteiger partial charge in [0.2, 0.25) is 5.91 Å². The summed E-state index contributed by atoms with van der Waals surface area (Å²) in [6.07, 6.45) is 3.89. The summed E-state index contributed by atoms with van der Waals surface area (Å²) < 4.78 is 6.07. The Morgan fingerprint density at radius 2 is 2.09 bits per heavy atom. The highest BCUT2D eigenvalue weighted by Gasteiger charge is 2.37. The zero-order valence-electron chi connectivity index (χ0n) is 14.6. The number of carbonyl (C=O) groups is 2. The Bertz CT molecular complexity index is 401. The molecule has 1 heterocycles. The van der Waals surface area contributed by atoms with Crippen LogP contribution in [0.5, 0.6) is 0 Å². The molecule has 132 valence electrons. The molecular weight excluding hydrogens is 294 g/mol. The molecule has 0 aromatic rings. The van der Waals surface area contributed by atoms with E-state index in [2.05, 4.69) is 17.2 Å². The first-order valence-electron chi connectivity index (χ1n) is 8.36. The van der Waals surface area contributed by atoms with E-state index in [0.717, 1.165) is 25.7 Å². The Balaban J connectivity index is 2.68. The van der Waals surface area contributed by atoms with Crippen molar-refractivity contribution in [2.75, 3.05) is 39.8 Å². The Hall–Kier alpha value is -1.24. The van der Waals surface area contributed by atoms with E-state index in [1.165, 1.54) is 6.08 Å². The van der Waals surface area contributed by atoms with Gasteiger partial charge >= 0.3 is 0 Å². The van der Waals surface area contributed by atoms with Crippen LogP contribution in [0.25, 0.3) is 0 Å². The summed E-state index contributed by atoms with van der Waals surface area (Å²) in [5.74, 6) is 0.204. The van der Waals surface area contributed by atoms with E-state index in [1.807, 2.05) is 20.9 Å². The number of aldehydes is 1. The standard InChI is InChI=1S/C17H31N3O3/c1-5-16(22)20-10-11-23-17(13-20,6-8-18-4)7-9-19-15(12-21)14(2)3/h5,12,14-15,18-19H,1,6-11,13H2,2-4H3. The maximum absolute atomic E-state index is 11.9. The lowest BCUT2D eigenvalue weighted by molar-refractivity contribution is -0.148. The number of carbonyl (C=O) groups excluding carboxylic acids is 2. The maximum atomic E-state index is 11.9. The molecule has 0 aromatic heterocycles. The quantitative estimate of drug-likeness (QED) is 0.454. The van der Waals surface area contributed by atoms with E-state index in [9.17, 15) is 9.59 Å². The smallest absolute Gasteiger partial charge is 0.246 e. The van der Waals surface area contributed by atoms with Crippen molar-refractivity contribution in [1.29, 1.82) is 0 Å². The topological polar surface area (TPSA) is 70.7 Å². The Morgan fingerprint density at radius 3 is 2.65 bits per heavy atom. The minimum atomic E-state index is -0.378. The van der Waals surface area contributed by atoms with Crippen LogP contribution in [-0.4, -0.2) is 68.6 Å². The van der Waals surface area contributed by atoms with Crippen molar-refractivity contribution < 1.29 is 14.3 Å². The van der Waals surface area contributed by atoms with Crippen molar-refractivity contribution in [2.24, 2.45) is 5.92 Å². The van der Waals surface area contributed by atoms with Gasteiger partial charge in [-0.05, 0) is 45.0 Å². The van der Waals surface area contributed by atoms with Crippen LogP contribution >= 0.6 is 0 Å². The molecule has 0 saturated carbocycles. The average Bonchev–Trinajstić information content (AvgIpc) is 2.56. The van der Waals surface area contributed by atoms with Crippen LogP contribution < -0.4 is 10.6 Å². The van der Waals surface area contributed by atoms with Gasteiger partial charge in [0.05, 0.1) is 24.8 Å². The van der Waals surface area contributed by atoms with Gasteiger partial charge in [-0.1, -0.05) is 20.4 Å². The van der Waals surface area contributed by atoms with Gasteiger partial charge in [0.15, 0.2) is 0 Å². The molecule has 0 aromatic carbocycles. The lowest BCUT2D eigenvalue weighted by Crippen LogP contribution is -2.55. The molecule has 1 amide bonds. The number of ether oxygens (including phenoxy) is 1. The lowest BCUT2D eigenvalue weighted by Gasteiger charge is -2.43. The first-order chi connectivity index (χ1) is 11.0. The first kappa shape index (κ1) is 19.8. The summed E-state index contributed by atoms with van der Waals surface area (Å²) in [4.78, 5) is 24.8. The SMILES string of the molecule is C=CC(=O)N1CCOC(CCNC)(CCNC(C=O)C(C)C)C1. The monoisotopic (exact) mass is 325 g/mol. The fraction of sp³-hybridized carbons (Fsp3) is 0.765. The van der Waals surface area contributed by atoms with E-state index in [0.29, 0.717) is 26.2 Å². The summed E-state index contributed by atoms with van der Waals surface area (Å²) in [5.41, 5.74) is -0.378. The van der Waals surface area contributed by atoms with Crippen molar-refractivity contribution in [3.63, 3.8) is 0 Å². The van der Waals surface area contributed by atoms with Crippen molar-refractivity contribution in [1.82, 2.24) is 15.5 Å². The Labute approximate surface area is 139 Å². The summed E-state index contributed by atoms with van der Waals surface area (Å²) in [7, 11) is 1.91. The van der Waals surface area contributed by atoms with Gasteiger partial charge in [-0.2, -0.15) is 0 Å². The fourth-order valence-corrected chi connectivity index (χ4v) is 2.85. The van der Waals surface area contributed by atoms with E-state index < -0.39 is 0 Å². The van der Waals surface area contributed by atoms with Gasteiger partial charge in [0, 0.05) is 6.54 Å². The van der Waals surface area contributed by atoms with Crippen LogP contribution in [0.2, 0.25) is 0 Å². The largest absolute Gasteiger partial charge is 0.371 e. The van der Waals surface area contributed by atoms with Gasteiger partial charge in [-0.15, -0.1) is 0 Å². The van der Waals surface area contributed by atoms with Crippen molar-refractivity contribution >= 4 is 12.2 Å². The third-order valence-corrected chi connectivity index (χ3v) is 4.39. The highest BCUT2D eigenvalue weighted by atomic mass is 16.5. The minimum absolute atomic E-state index is 0.0527. The van der Waals surface area contributed by atoms with Crippen LogP contribution in [0.4, 0.5) is 0 Å². The van der Waals surface area contributed by atoms with Gasteiger partial charge in [0.1, 0.15) is 6.29 Å². The number of hydrogen-bond acceptors (Lipinski definition) is 5. The second-order valence-electron chi connectivity index (χ2n) is 6.46. The van der Waals surface area contributed by atoms with Gasteiger partial charge < -0.3 is 25.1 Å². The van der Waals surface area contributed by atoms with Gasteiger partial charge in [-0.3, -0.25) is 4.79 Å². The number of amides is 1. The van der Waals surface area contributed by atoms with Crippen LogP contribution in [0.15, 0.2) is 12.7 Å². The molecule has 0 aliphatic carbocycles. The number of hydrogen-bond donors (Lipinski definition) is 2. The Kier molecular flexibility index (Phi) is 8.44. The summed E-state index contributed by atoms with van der Waals surface area (Å²) in [6.45, 7) is 10.8. The Morgan fingerprint density at radius 1 is 1.39 bits per heavy atom. The van der Waals surface area contributed by atoms with Crippen molar-refractivity contribution in [2.45, 2.75) is 38.3 Å². The fourth-order valence-electron chi connectivity index (χ4n) is 2.85. The molecule has 0 spiro atoms. The zero-order chi connectivity index (χ0) is 17.3. The molecule has 0 bridgehead atoms. The van der Waals surface area contributed by atoms with Gasteiger partial charge in [0.25, 0.3) is 0 Å². The van der Waals surface area contributed by atoms with E-state index in [4.69, 9.17) is 4.74 Å². The molecule has 1 aliphatic rings. The van der Waals surface area contributed by atoms with Crippen molar-refractivity contribution in [3.05, 3.63) is 12.7 Å². The second kappa shape index (κ2) is 9.80. The van der Waals surface area contributed by atoms with Crippen LogP contribution in [0.1, 0.15) is 26.7 Å². The first-order valence-corrected chi connectivity index (χ1v) is 8.36. The average molecular weight is 325 g/mol. The number of nitrogens with one attached hydrogen (secondary N) is 2. The molecule has 1 fully saturated rings. The molecule has 0 radical (unpaired) electrons. The number of morpholine rings is 1. The molecule has 2 atom stereocenters. The predicted octanol–water partition coefficient (Wildman–Crippen LogP) is 0.583. The third-order valence-electron chi connectivity index (χ3n) is 4.39. The normalized spacial score (nSPS) is 22.9. The molecule has 6 heteroatoms. The lowest BCUT2D eigenvalue weighted by atomic mass is 9.92. The second-order valence-corrected chi connectivity index (χ2v) is 6.46. The summed E-state index contributed by atoms with van der Waals surface area (Å²) in [5, 5.41) is 6.43. The molecule has 1 aliphatic heterocycles. The third kappa shape index (κ3) is 6.05. The van der Waals surface area contributed by atoms with E-state index in [1.54, 1.807) is 4.90 Å². The van der Waals surface area contributed by atoms with Crippen molar-refractivity contribution in [3.8, 4) is 0 Å². The van der Waals surface area contributed by atoms with Crippen LogP contribution in [0.3, 0.4) is 0 Å². The molecule has 2 unspecified atom stereocenters. The number of rotatable bonds is 10. The molecule has 1 saturated heterocycles. The predicted molar refractivity (Wildman–Crippen MR) is 91.3 cm³/mol.